The Morgan fingerprint density at radius 3 is 3.00 bits per heavy atom. The van der Waals surface area contributed by atoms with E-state index < -0.39 is 0 Å². The van der Waals surface area contributed by atoms with Crippen LogP contribution in [0, 0.1) is 12.8 Å². The number of carbonyl (C=O) groups excluding carboxylic acids is 1. The quantitative estimate of drug-likeness (QED) is 0.891. The van der Waals surface area contributed by atoms with Crippen molar-refractivity contribution >= 4 is 11.7 Å². The number of amides is 1. The van der Waals surface area contributed by atoms with Gasteiger partial charge in [0.25, 0.3) is 0 Å². The molecule has 2 aromatic rings. The van der Waals surface area contributed by atoms with Crippen LogP contribution in [0.2, 0.25) is 0 Å². The van der Waals surface area contributed by atoms with Gasteiger partial charge < -0.3 is 5.32 Å². The standard InChI is InChI=1S/C17H22N4O/c1-12-10-16(21(20-12)13(2)15-6-7-15)19-17(22)8-5-14-4-3-9-18-11-14/h3-4,9-11,13,15H,5-8H2,1-2H3,(H,19,22). The van der Waals surface area contributed by atoms with Gasteiger partial charge in [-0.05, 0) is 50.7 Å². The van der Waals surface area contributed by atoms with Gasteiger partial charge in [-0.3, -0.25) is 9.78 Å². The molecule has 0 spiro atoms. The predicted molar refractivity (Wildman–Crippen MR) is 85.6 cm³/mol. The third-order valence-electron chi connectivity index (χ3n) is 4.18. The summed E-state index contributed by atoms with van der Waals surface area (Å²) in [5.74, 6) is 1.53. The number of hydrogen-bond acceptors (Lipinski definition) is 3. The van der Waals surface area contributed by atoms with E-state index in [4.69, 9.17) is 0 Å². The highest BCUT2D eigenvalue weighted by molar-refractivity contribution is 5.90. The van der Waals surface area contributed by atoms with E-state index in [1.807, 2.05) is 29.8 Å². The Balaban J connectivity index is 1.61. The minimum Gasteiger partial charge on any atom is -0.311 e. The number of carbonyl (C=O) groups is 1. The van der Waals surface area contributed by atoms with Crippen LogP contribution in [0.5, 0.6) is 0 Å². The average Bonchev–Trinajstić information content (AvgIpc) is 3.30. The second kappa shape index (κ2) is 6.30. The summed E-state index contributed by atoms with van der Waals surface area (Å²) in [6.07, 6.45) is 7.21. The lowest BCUT2D eigenvalue weighted by Gasteiger charge is -2.15. The van der Waals surface area contributed by atoms with Gasteiger partial charge in [-0.25, -0.2) is 4.68 Å². The van der Waals surface area contributed by atoms with Crippen LogP contribution in [0.1, 0.15) is 43.5 Å². The third-order valence-corrected chi connectivity index (χ3v) is 4.18. The maximum absolute atomic E-state index is 12.2. The molecule has 116 valence electrons. The van der Waals surface area contributed by atoms with Crippen LogP contribution in [0.3, 0.4) is 0 Å². The zero-order valence-corrected chi connectivity index (χ0v) is 13.1. The van der Waals surface area contributed by atoms with E-state index >= 15 is 0 Å². The Labute approximate surface area is 130 Å². The number of nitrogens with zero attached hydrogens (tertiary/aromatic N) is 3. The van der Waals surface area contributed by atoms with E-state index in [9.17, 15) is 4.79 Å². The van der Waals surface area contributed by atoms with Crippen LogP contribution in [0.15, 0.2) is 30.6 Å². The van der Waals surface area contributed by atoms with Crippen LogP contribution in [-0.2, 0) is 11.2 Å². The number of pyridine rings is 1. The average molecular weight is 298 g/mol. The van der Waals surface area contributed by atoms with E-state index in [1.165, 1.54) is 12.8 Å². The first-order valence-corrected chi connectivity index (χ1v) is 7.88. The molecule has 0 bridgehead atoms. The van der Waals surface area contributed by atoms with Crippen LogP contribution in [0.25, 0.3) is 0 Å². The van der Waals surface area contributed by atoms with Gasteiger partial charge in [0.1, 0.15) is 5.82 Å². The first-order chi connectivity index (χ1) is 10.6. The largest absolute Gasteiger partial charge is 0.311 e. The molecule has 1 atom stereocenters. The van der Waals surface area contributed by atoms with Crippen molar-refractivity contribution in [3.8, 4) is 0 Å². The van der Waals surface area contributed by atoms with Crippen molar-refractivity contribution in [3.05, 3.63) is 41.9 Å². The molecule has 1 N–H and O–H groups in total. The fourth-order valence-corrected chi connectivity index (χ4v) is 2.71. The summed E-state index contributed by atoms with van der Waals surface area (Å²) >= 11 is 0. The molecule has 5 nitrogen and oxygen atoms in total. The SMILES string of the molecule is Cc1cc(NC(=O)CCc2cccnc2)n(C(C)C2CC2)n1. The monoisotopic (exact) mass is 298 g/mol. The summed E-state index contributed by atoms with van der Waals surface area (Å²) in [7, 11) is 0. The number of aryl methyl sites for hydroxylation is 2. The van der Waals surface area contributed by atoms with Crippen LogP contribution >= 0.6 is 0 Å². The summed E-state index contributed by atoms with van der Waals surface area (Å²) in [6, 6.07) is 6.18. The minimum absolute atomic E-state index is 0.0213. The molecule has 2 aromatic heterocycles. The lowest BCUT2D eigenvalue weighted by atomic mass is 10.1. The van der Waals surface area contributed by atoms with E-state index in [0.29, 0.717) is 24.8 Å². The maximum atomic E-state index is 12.2. The first kappa shape index (κ1) is 14.8. The molecule has 3 rings (SSSR count). The normalized spacial score (nSPS) is 15.5. The number of hydrogen-bond donors (Lipinski definition) is 1. The van der Waals surface area contributed by atoms with Crippen molar-refractivity contribution in [2.45, 2.75) is 45.6 Å². The predicted octanol–water partition coefficient (Wildman–Crippen LogP) is 3.13. The summed E-state index contributed by atoms with van der Waals surface area (Å²) in [6.45, 7) is 4.14. The van der Waals surface area contributed by atoms with Crippen molar-refractivity contribution in [2.75, 3.05) is 5.32 Å². The summed E-state index contributed by atoms with van der Waals surface area (Å²) in [4.78, 5) is 16.3. The molecule has 0 aromatic carbocycles. The van der Waals surface area contributed by atoms with E-state index in [1.54, 1.807) is 12.4 Å². The minimum atomic E-state index is 0.0213. The van der Waals surface area contributed by atoms with Gasteiger partial charge in [-0.1, -0.05) is 6.07 Å². The van der Waals surface area contributed by atoms with Gasteiger partial charge in [-0.15, -0.1) is 0 Å². The van der Waals surface area contributed by atoms with Gasteiger partial charge in [-0.2, -0.15) is 5.10 Å². The Morgan fingerprint density at radius 2 is 2.32 bits per heavy atom. The van der Waals surface area contributed by atoms with Crippen LogP contribution in [0.4, 0.5) is 5.82 Å². The van der Waals surface area contributed by atoms with Gasteiger partial charge >= 0.3 is 0 Å². The fourth-order valence-electron chi connectivity index (χ4n) is 2.71. The topological polar surface area (TPSA) is 59.8 Å². The molecule has 22 heavy (non-hydrogen) atoms. The molecule has 1 amide bonds. The smallest absolute Gasteiger partial charge is 0.225 e. The molecule has 0 saturated heterocycles. The first-order valence-electron chi connectivity index (χ1n) is 7.88. The Kier molecular flexibility index (Phi) is 4.22. The summed E-state index contributed by atoms with van der Waals surface area (Å²) in [5, 5.41) is 7.54. The molecule has 2 heterocycles. The second-order valence-electron chi connectivity index (χ2n) is 6.10. The van der Waals surface area contributed by atoms with Gasteiger partial charge in [0.2, 0.25) is 5.91 Å². The molecule has 0 radical (unpaired) electrons. The highest BCUT2D eigenvalue weighted by atomic mass is 16.1. The zero-order chi connectivity index (χ0) is 15.5. The lowest BCUT2D eigenvalue weighted by molar-refractivity contribution is -0.116. The number of nitrogens with one attached hydrogen (secondary N) is 1. The Morgan fingerprint density at radius 1 is 1.50 bits per heavy atom. The molecule has 0 aliphatic heterocycles. The van der Waals surface area contributed by atoms with Crippen molar-refractivity contribution in [3.63, 3.8) is 0 Å². The third kappa shape index (κ3) is 3.53. The van der Waals surface area contributed by atoms with Crippen LogP contribution < -0.4 is 5.32 Å². The lowest BCUT2D eigenvalue weighted by Crippen LogP contribution is -2.18. The molecule has 5 heteroatoms. The van der Waals surface area contributed by atoms with Crippen molar-refractivity contribution < 1.29 is 4.79 Å². The van der Waals surface area contributed by atoms with Gasteiger partial charge in [0, 0.05) is 24.9 Å². The fraction of sp³-hybridized carbons (Fsp3) is 0.471. The summed E-state index contributed by atoms with van der Waals surface area (Å²) < 4.78 is 1.97. The molecular formula is C17H22N4O. The van der Waals surface area contributed by atoms with Gasteiger partial charge in [0.05, 0.1) is 11.7 Å². The molecule has 1 fully saturated rings. The maximum Gasteiger partial charge on any atom is 0.225 e. The van der Waals surface area contributed by atoms with E-state index in [0.717, 1.165) is 17.1 Å². The Hall–Kier alpha value is -2.17. The molecule has 1 saturated carbocycles. The number of anilines is 1. The van der Waals surface area contributed by atoms with Crippen molar-refractivity contribution in [2.24, 2.45) is 5.92 Å². The molecular weight excluding hydrogens is 276 g/mol. The van der Waals surface area contributed by atoms with E-state index in [2.05, 4.69) is 22.3 Å². The van der Waals surface area contributed by atoms with Crippen LogP contribution in [-0.4, -0.2) is 20.7 Å². The molecule has 1 aliphatic rings. The van der Waals surface area contributed by atoms with Crippen molar-refractivity contribution in [1.29, 1.82) is 0 Å². The van der Waals surface area contributed by atoms with Gasteiger partial charge in [0.15, 0.2) is 0 Å². The van der Waals surface area contributed by atoms with Crippen molar-refractivity contribution in [1.82, 2.24) is 14.8 Å². The number of rotatable bonds is 6. The highest BCUT2D eigenvalue weighted by Gasteiger charge is 2.31. The summed E-state index contributed by atoms with van der Waals surface area (Å²) in [5.41, 5.74) is 2.02. The van der Waals surface area contributed by atoms with E-state index in [-0.39, 0.29) is 5.91 Å². The Bertz CT molecular complexity index is 646. The molecule has 1 unspecified atom stereocenters. The zero-order valence-electron chi connectivity index (χ0n) is 13.1. The highest BCUT2D eigenvalue weighted by Crippen LogP contribution is 2.40. The number of aromatic nitrogens is 3. The second-order valence-corrected chi connectivity index (χ2v) is 6.10. The molecule has 1 aliphatic carbocycles.